The molecule has 5 amide bonds. The highest BCUT2D eigenvalue weighted by molar-refractivity contribution is 7.46. The second kappa shape index (κ2) is 18.4. The molecule has 256 valence electrons. The first-order chi connectivity index (χ1) is 21.3. The summed E-state index contributed by atoms with van der Waals surface area (Å²) in [4.78, 5) is 104. The fourth-order valence-electron chi connectivity index (χ4n) is 4.12. The first-order valence-electron chi connectivity index (χ1n) is 14.0. The number of rotatable bonds is 20. The van der Waals surface area contributed by atoms with Crippen LogP contribution in [-0.4, -0.2) is 85.6 Å². The lowest BCUT2D eigenvalue weighted by Gasteiger charge is -2.26. The number of hydrogen-bond donors (Lipinski definition) is 9. The van der Waals surface area contributed by atoms with Crippen LogP contribution in [0.1, 0.15) is 58.4 Å². The van der Waals surface area contributed by atoms with E-state index in [1.165, 1.54) is 24.3 Å². The minimum Gasteiger partial charge on any atom is -0.481 e. The molecule has 1 aromatic rings. The van der Waals surface area contributed by atoms with Gasteiger partial charge in [0.2, 0.25) is 29.5 Å². The summed E-state index contributed by atoms with van der Waals surface area (Å²) in [5.41, 5.74) is 5.77. The Hall–Kier alpha value is -4.54. The zero-order chi connectivity index (χ0) is 35.2. The molecule has 0 bridgehead atoms. The third kappa shape index (κ3) is 16.0. The van der Waals surface area contributed by atoms with Crippen molar-refractivity contribution in [2.75, 3.05) is 0 Å². The Balaban J connectivity index is 3.22. The third-order valence-electron chi connectivity index (χ3n) is 6.21. The van der Waals surface area contributed by atoms with Gasteiger partial charge in [-0.3, -0.25) is 43.3 Å². The molecule has 4 atom stereocenters. The number of nitrogens with one attached hydrogen (secondary N) is 4. The summed E-state index contributed by atoms with van der Waals surface area (Å²) in [5.74, 6) is -7.23. The van der Waals surface area contributed by atoms with Crippen LogP contribution in [0, 0.1) is 5.92 Å². The molecule has 0 saturated carbocycles. The molecule has 0 heterocycles. The molecule has 46 heavy (non-hydrogen) atoms. The lowest BCUT2D eigenvalue weighted by Crippen LogP contribution is -2.58. The highest BCUT2D eigenvalue weighted by atomic mass is 31.2. The van der Waals surface area contributed by atoms with Crippen molar-refractivity contribution in [1.29, 1.82) is 0 Å². The molecule has 0 aromatic heterocycles. The number of phosphoric acid groups is 1. The first kappa shape index (κ1) is 39.5. The standard InChI is InChI=1S/C27H40N5O13P/c1-14(2)12-20(24(28)38)32-26(40)19(9-11-23(36)37)30-25(39)18(8-10-22(34)35)31-27(41)21(29-15(3)33)13-16-4-6-17(7-5-16)45-46(42,43)44/h4-7,14,18-21H,8-13H2,1-3H3,(H2,28,38)(H,29,33)(H,30,39)(H,31,41)(H,32,40)(H,34,35)(H,36,37)(H2,42,43,44)/t18-,19-,20-,21-/m0/s1. The number of aliphatic carboxylic acids is 2. The van der Waals surface area contributed by atoms with Crippen molar-refractivity contribution >= 4 is 49.3 Å². The summed E-state index contributed by atoms with van der Waals surface area (Å²) in [7, 11) is -4.82. The predicted molar refractivity (Wildman–Crippen MR) is 159 cm³/mol. The molecule has 0 saturated heterocycles. The summed E-state index contributed by atoms with van der Waals surface area (Å²) >= 11 is 0. The van der Waals surface area contributed by atoms with Crippen LogP contribution in [0.3, 0.4) is 0 Å². The molecule has 19 heteroatoms. The van der Waals surface area contributed by atoms with Crippen LogP contribution in [0.25, 0.3) is 0 Å². The smallest absolute Gasteiger partial charge is 0.481 e. The number of carbonyl (C=O) groups excluding carboxylic acids is 5. The Kier molecular flexibility index (Phi) is 15.8. The SMILES string of the molecule is CC(=O)N[C@@H](Cc1ccc(OP(=O)(O)O)cc1)C(=O)N[C@@H](CCC(=O)O)C(=O)N[C@@H](CCC(=O)O)C(=O)N[C@@H](CC(C)C)C(N)=O. The van der Waals surface area contributed by atoms with Gasteiger partial charge in [-0.2, -0.15) is 0 Å². The van der Waals surface area contributed by atoms with E-state index in [1.54, 1.807) is 13.8 Å². The average molecular weight is 674 g/mol. The zero-order valence-corrected chi connectivity index (χ0v) is 26.3. The van der Waals surface area contributed by atoms with Gasteiger partial charge in [0.15, 0.2) is 0 Å². The minimum atomic E-state index is -4.82. The molecule has 0 unspecified atom stereocenters. The summed E-state index contributed by atoms with van der Waals surface area (Å²) in [5, 5.41) is 27.8. The maximum absolute atomic E-state index is 13.3. The molecule has 0 aliphatic rings. The van der Waals surface area contributed by atoms with Crippen molar-refractivity contribution in [3.63, 3.8) is 0 Å². The fourth-order valence-corrected chi connectivity index (χ4v) is 4.52. The Morgan fingerprint density at radius 1 is 0.761 bits per heavy atom. The van der Waals surface area contributed by atoms with Crippen LogP contribution in [-0.2, 0) is 44.5 Å². The average Bonchev–Trinajstić information content (AvgIpc) is 2.91. The van der Waals surface area contributed by atoms with Crippen molar-refractivity contribution < 1.29 is 62.7 Å². The number of carbonyl (C=O) groups is 7. The molecule has 0 radical (unpaired) electrons. The van der Waals surface area contributed by atoms with E-state index in [4.69, 9.17) is 20.6 Å². The van der Waals surface area contributed by atoms with E-state index in [9.17, 15) is 43.2 Å². The molecule has 0 fully saturated rings. The normalized spacial score (nSPS) is 13.8. The van der Waals surface area contributed by atoms with Gasteiger partial charge >= 0.3 is 19.8 Å². The van der Waals surface area contributed by atoms with E-state index in [1.807, 2.05) is 0 Å². The van der Waals surface area contributed by atoms with Gasteiger partial charge in [0.25, 0.3) is 0 Å². The lowest BCUT2D eigenvalue weighted by molar-refractivity contribution is -0.140. The first-order valence-corrected chi connectivity index (χ1v) is 15.6. The predicted octanol–water partition coefficient (Wildman–Crippen LogP) is -1.08. The number of benzene rings is 1. The van der Waals surface area contributed by atoms with Crippen LogP contribution in [0.2, 0.25) is 0 Å². The highest BCUT2D eigenvalue weighted by Gasteiger charge is 2.32. The molecule has 0 aliphatic carbocycles. The monoisotopic (exact) mass is 673 g/mol. The summed E-state index contributed by atoms with van der Waals surface area (Å²) < 4.78 is 15.5. The van der Waals surface area contributed by atoms with Gasteiger partial charge in [-0.25, -0.2) is 4.57 Å². The number of amides is 5. The second-order valence-corrected chi connectivity index (χ2v) is 11.9. The van der Waals surface area contributed by atoms with E-state index in [0.29, 0.717) is 5.56 Å². The van der Waals surface area contributed by atoms with E-state index in [0.717, 1.165) is 6.92 Å². The zero-order valence-electron chi connectivity index (χ0n) is 25.4. The van der Waals surface area contributed by atoms with Crippen molar-refractivity contribution in [3.8, 4) is 5.75 Å². The van der Waals surface area contributed by atoms with Crippen LogP contribution >= 0.6 is 7.82 Å². The van der Waals surface area contributed by atoms with Crippen LogP contribution in [0.5, 0.6) is 5.75 Å². The summed E-state index contributed by atoms with van der Waals surface area (Å²) in [6, 6.07) is -0.361. The molecular weight excluding hydrogens is 633 g/mol. The van der Waals surface area contributed by atoms with Gasteiger partial charge in [-0.15, -0.1) is 0 Å². The molecule has 1 rings (SSSR count). The van der Waals surface area contributed by atoms with Crippen molar-refractivity contribution in [2.45, 2.75) is 83.5 Å². The van der Waals surface area contributed by atoms with Crippen LogP contribution < -0.4 is 31.5 Å². The maximum Gasteiger partial charge on any atom is 0.524 e. The van der Waals surface area contributed by atoms with E-state index in [2.05, 4.69) is 25.8 Å². The van der Waals surface area contributed by atoms with Gasteiger partial charge in [-0.1, -0.05) is 26.0 Å². The number of primary amides is 1. The van der Waals surface area contributed by atoms with E-state index < -0.39 is 99.1 Å². The largest absolute Gasteiger partial charge is 0.524 e. The number of hydrogen-bond acceptors (Lipinski definition) is 9. The van der Waals surface area contributed by atoms with E-state index in [-0.39, 0.29) is 24.5 Å². The van der Waals surface area contributed by atoms with Crippen molar-refractivity contribution in [1.82, 2.24) is 21.3 Å². The van der Waals surface area contributed by atoms with Gasteiger partial charge in [0, 0.05) is 26.2 Å². The van der Waals surface area contributed by atoms with Gasteiger partial charge in [0.1, 0.15) is 29.9 Å². The van der Waals surface area contributed by atoms with Crippen LogP contribution in [0.15, 0.2) is 24.3 Å². The molecular formula is C27H40N5O13P. The van der Waals surface area contributed by atoms with Gasteiger partial charge < -0.3 is 41.7 Å². The topological polar surface area (TPSA) is 301 Å². The summed E-state index contributed by atoms with van der Waals surface area (Å²) in [6.07, 6.45) is -2.08. The molecule has 18 nitrogen and oxygen atoms in total. The number of carboxylic acid groups (broad SMARTS) is 2. The fraction of sp³-hybridized carbons (Fsp3) is 0.519. The Labute approximate surface area is 264 Å². The molecule has 1 aromatic carbocycles. The molecule has 0 aliphatic heterocycles. The lowest BCUT2D eigenvalue weighted by atomic mass is 10.0. The number of nitrogens with two attached hydrogens (primary N) is 1. The highest BCUT2D eigenvalue weighted by Crippen LogP contribution is 2.37. The van der Waals surface area contributed by atoms with Gasteiger partial charge in [0.05, 0.1) is 0 Å². The minimum absolute atomic E-state index is 0.0666. The van der Waals surface area contributed by atoms with E-state index >= 15 is 0 Å². The Morgan fingerprint density at radius 2 is 1.20 bits per heavy atom. The van der Waals surface area contributed by atoms with Gasteiger partial charge in [-0.05, 0) is 42.9 Å². The maximum atomic E-state index is 13.3. The second-order valence-electron chi connectivity index (χ2n) is 10.8. The third-order valence-corrected chi connectivity index (χ3v) is 6.66. The molecule has 0 spiro atoms. The van der Waals surface area contributed by atoms with Crippen molar-refractivity contribution in [3.05, 3.63) is 29.8 Å². The molecule has 10 N–H and O–H groups in total. The van der Waals surface area contributed by atoms with Crippen molar-refractivity contribution in [2.24, 2.45) is 11.7 Å². The quantitative estimate of drug-likeness (QED) is 0.0745. The Bertz CT molecular complexity index is 1320. The Morgan fingerprint density at radius 3 is 1.57 bits per heavy atom. The number of phosphoric ester groups is 1. The number of carboxylic acids is 2. The van der Waals surface area contributed by atoms with Crippen LogP contribution in [0.4, 0.5) is 0 Å². The summed E-state index contributed by atoms with van der Waals surface area (Å²) in [6.45, 7) is 4.66.